The van der Waals surface area contributed by atoms with Gasteiger partial charge in [0, 0.05) is 40.8 Å². The average Bonchev–Trinajstić information content (AvgIpc) is 2.89. The number of para-hydroxylation sites is 1. The van der Waals surface area contributed by atoms with E-state index in [9.17, 15) is 14.4 Å². The minimum Gasteiger partial charge on any atom is -0.376 e. The second kappa shape index (κ2) is 12.4. The van der Waals surface area contributed by atoms with Crippen LogP contribution in [0.3, 0.4) is 0 Å². The van der Waals surface area contributed by atoms with E-state index >= 15 is 0 Å². The zero-order chi connectivity index (χ0) is 25.2. The number of hydrogen-bond acceptors (Lipinski definition) is 4. The van der Waals surface area contributed by atoms with E-state index in [-0.39, 0.29) is 30.3 Å². The van der Waals surface area contributed by atoms with E-state index in [0.29, 0.717) is 29.0 Å². The molecule has 7 nitrogen and oxygen atoms in total. The van der Waals surface area contributed by atoms with Crippen LogP contribution in [0, 0.1) is 0 Å². The van der Waals surface area contributed by atoms with E-state index in [4.69, 9.17) is 0 Å². The third-order valence-electron chi connectivity index (χ3n) is 5.61. The van der Waals surface area contributed by atoms with E-state index in [1.807, 2.05) is 51.1 Å². The molecular weight excluding hydrogens is 440 g/mol. The molecule has 3 aromatic rings. The van der Waals surface area contributed by atoms with Gasteiger partial charge in [-0.3, -0.25) is 14.4 Å². The molecule has 3 aromatic carbocycles. The van der Waals surface area contributed by atoms with Gasteiger partial charge in [-0.2, -0.15) is 0 Å². The normalized spacial score (nSPS) is 11.3. The molecule has 1 atom stereocenters. The average molecular weight is 473 g/mol. The van der Waals surface area contributed by atoms with E-state index in [1.165, 1.54) is 0 Å². The van der Waals surface area contributed by atoms with Crippen molar-refractivity contribution >= 4 is 34.8 Å². The first kappa shape index (κ1) is 25.5. The molecule has 0 saturated heterocycles. The SMILES string of the molecule is CCC(C)NC(=O)c1cccc(NCC(=O)Nc2ccc(C(=O)N(CC)c3ccccc3)cc2)c1. The number of hydrogen-bond donors (Lipinski definition) is 3. The van der Waals surface area contributed by atoms with Crippen molar-refractivity contribution in [1.82, 2.24) is 5.32 Å². The Balaban J connectivity index is 1.55. The predicted octanol–water partition coefficient (Wildman–Crippen LogP) is 4.93. The molecule has 7 heteroatoms. The number of benzene rings is 3. The van der Waals surface area contributed by atoms with Gasteiger partial charge < -0.3 is 20.9 Å². The van der Waals surface area contributed by atoms with Crippen molar-refractivity contribution in [2.75, 3.05) is 28.6 Å². The van der Waals surface area contributed by atoms with Crippen LogP contribution in [0.15, 0.2) is 78.9 Å². The van der Waals surface area contributed by atoms with Crippen LogP contribution >= 0.6 is 0 Å². The molecule has 0 aromatic heterocycles. The van der Waals surface area contributed by atoms with Gasteiger partial charge in [0.2, 0.25) is 5.91 Å². The van der Waals surface area contributed by atoms with Gasteiger partial charge in [0.05, 0.1) is 6.54 Å². The van der Waals surface area contributed by atoms with E-state index in [1.54, 1.807) is 53.4 Å². The van der Waals surface area contributed by atoms with Crippen molar-refractivity contribution in [3.63, 3.8) is 0 Å². The van der Waals surface area contributed by atoms with E-state index in [0.717, 1.165) is 12.1 Å². The Bertz CT molecular complexity index is 1150. The van der Waals surface area contributed by atoms with Crippen LogP contribution in [0.1, 0.15) is 47.9 Å². The van der Waals surface area contributed by atoms with Crippen LogP contribution < -0.4 is 20.9 Å². The van der Waals surface area contributed by atoms with Crippen LogP contribution in [-0.4, -0.2) is 36.9 Å². The number of carbonyl (C=O) groups is 3. The maximum absolute atomic E-state index is 12.9. The fourth-order valence-corrected chi connectivity index (χ4v) is 3.47. The second-order valence-corrected chi connectivity index (χ2v) is 8.23. The molecule has 35 heavy (non-hydrogen) atoms. The summed E-state index contributed by atoms with van der Waals surface area (Å²) >= 11 is 0. The molecule has 0 heterocycles. The second-order valence-electron chi connectivity index (χ2n) is 8.23. The van der Waals surface area contributed by atoms with Crippen molar-refractivity contribution in [3.05, 3.63) is 90.0 Å². The van der Waals surface area contributed by atoms with Gasteiger partial charge >= 0.3 is 0 Å². The highest BCUT2D eigenvalue weighted by atomic mass is 16.2. The maximum Gasteiger partial charge on any atom is 0.258 e. The van der Waals surface area contributed by atoms with Crippen LogP contribution in [0.25, 0.3) is 0 Å². The number of amides is 3. The Hall–Kier alpha value is -4.13. The third kappa shape index (κ3) is 7.17. The van der Waals surface area contributed by atoms with Gasteiger partial charge in [0.1, 0.15) is 0 Å². The minimum atomic E-state index is -0.238. The van der Waals surface area contributed by atoms with Crippen molar-refractivity contribution < 1.29 is 14.4 Å². The van der Waals surface area contributed by atoms with Crippen LogP contribution in [-0.2, 0) is 4.79 Å². The van der Waals surface area contributed by atoms with E-state index in [2.05, 4.69) is 16.0 Å². The van der Waals surface area contributed by atoms with Gasteiger partial charge in [0.25, 0.3) is 11.8 Å². The summed E-state index contributed by atoms with van der Waals surface area (Å²) < 4.78 is 0. The summed E-state index contributed by atoms with van der Waals surface area (Å²) in [6.45, 7) is 6.48. The Labute approximate surface area is 206 Å². The third-order valence-corrected chi connectivity index (χ3v) is 5.61. The molecule has 0 fully saturated rings. The predicted molar refractivity (Wildman–Crippen MR) is 141 cm³/mol. The van der Waals surface area contributed by atoms with Gasteiger partial charge in [0.15, 0.2) is 0 Å². The number of carbonyl (C=O) groups excluding carboxylic acids is 3. The monoisotopic (exact) mass is 472 g/mol. The summed E-state index contributed by atoms with van der Waals surface area (Å²) in [5.74, 6) is -0.482. The smallest absolute Gasteiger partial charge is 0.258 e. The van der Waals surface area contributed by atoms with Crippen molar-refractivity contribution in [2.24, 2.45) is 0 Å². The molecular formula is C28H32N4O3. The summed E-state index contributed by atoms with van der Waals surface area (Å²) in [5, 5.41) is 8.79. The van der Waals surface area contributed by atoms with E-state index < -0.39 is 0 Å². The fraction of sp³-hybridized carbons (Fsp3) is 0.250. The minimum absolute atomic E-state index is 0.0364. The largest absolute Gasteiger partial charge is 0.376 e. The number of anilines is 3. The highest BCUT2D eigenvalue weighted by Gasteiger charge is 2.16. The summed E-state index contributed by atoms with van der Waals surface area (Å²) in [7, 11) is 0. The Kier molecular flexibility index (Phi) is 9.01. The van der Waals surface area contributed by atoms with Crippen LogP contribution in [0.4, 0.5) is 17.1 Å². The lowest BCUT2D eigenvalue weighted by Crippen LogP contribution is -2.31. The van der Waals surface area contributed by atoms with Crippen LogP contribution in [0.5, 0.6) is 0 Å². The lowest BCUT2D eigenvalue weighted by atomic mass is 10.1. The number of rotatable bonds is 10. The Morgan fingerprint density at radius 3 is 2.20 bits per heavy atom. The molecule has 0 aliphatic rings. The molecule has 0 radical (unpaired) electrons. The molecule has 0 bridgehead atoms. The van der Waals surface area contributed by atoms with Gasteiger partial charge in [-0.15, -0.1) is 0 Å². The zero-order valence-corrected chi connectivity index (χ0v) is 20.4. The zero-order valence-electron chi connectivity index (χ0n) is 20.4. The maximum atomic E-state index is 12.9. The first-order valence-corrected chi connectivity index (χ1v) is 11.8. The van der Waals surface area contributed by atoms with Crippen molar-refractivity contribution in [2.45, 2.75) is 33.2 Å². The standard InChI is InChI=1S/C28H32N4O3/c1-4-20(3)30-27(34)22-10-9-11-24(18-22)29-19-26(33)31-23-16-14-21(15-17-23)28(35)32(5-2)25-12-7-6-8-13-25/h6-18,20,29H,4-5,19H2,1-3H3,(H,30,34)(H,31,33). The molecule has 3 N–H and O–H groups in total. The van der Waals surface area contributed by atoms with Crippen LogP contribution in [0.2, 0.25) is 0 Å². The molecule has 3 amide bonds. The number of nitrogens with zero attached hydrogens (tertiary/aromatic N) is 1. The molecule has 182 valence electrons. The molecule has 0 spiro atoms. The quantitative estimate of drug-likeness (QED) is 0.390. The number of nitrogens with one attached hydrogen (secondary N) is 3. The first-order chi connectivity index (χ1) is 16.9. The van der Waals surface area contributed by atoms with Gasteiger partial charge in [-0.25, -0.2) is 0 Å². The Morgan fingerprint density at radius 2 is 1.54 bits per heavy atom. The fourth-order valence-electron chi connectivity index (χ4n) is 3.47. The molecule has 1 unspecified atom stereocenters. The van der Waals surface area contributed by atoms with Crippen molar-refractivity contribution in [1.29, 1.82) is 0 Å². The molecule has 0 saturated carbocycles. The first-order valence-electron chi connectivity index (χ1n) is 11.8. The van der Waals surface area contributed by atoms with Gasteiger partial charge in [-0.1, -0.05) is 31.2 Å². The lowest BCUT2D eigenvalue weighted by Gasteiger charge is -2.21. The lowest BCUT2D eigenvalue weighted by molar-refractivity contribution is -0.114. The summed E-state index contributed by atoms with van der Waals surface area (Å²) in [5.41, 5.74) is 3.19. The summed E-state index contributed by atoms with van der Waals surface area (Å²) in [4.78, 5) is 39.4. The Morgan fingerprint density at radius 1 is 0.829 bits per heavy atom. The van der Waals surface area contributed by atoms with Gasteiger partial charge in [-0.05, 0) is 74.9 Å². The topological polar surface area (TPSA) is 90.5 Å². The molecule has 0 aliphatic carbocycles. The summed E-state index contributed by atoms with van der Waals surface area (Å²) in [6.07, 6.45) is 0.850. The molecule has 3 rings (SSSR count). The summed E-state index contributed by atoms with van der Waals surface area (Å²) in [6, 6.07) is 23.5. The molecule has 0 aliphatic heterocycles. The highest BCUT2D eigenvalue weighted by Crippen LogP contribution is 2.18. The highest BCUT2D eigenvalue weighted by molar-refractivity contribution is 6.06. The van der Waals surface area contributed by atoms with Crippen molar-refractivity contribution in [3.8, 4) is 0 Å².